The van der Waals surface area contributed by atoms with Crippen LogP contribution in [0.1, 0.15) is 21.5 Å². The molecule has 21 heavy (non-hydrogen) atoms. The number of carbonyl (C=O) groups is 1. The Labute approximate surface area is 145 Å². The molecule has 0 fully saturated rings. The Kier molecular flexibility index (Phi) is 5.13. The van der Waals surface area contributed by atoms with E-state index >= 15 is 0 Å². The first-order chi connectivity index (χ1) is 9.90. The van der Waals surface area contributed by atoms with E-state index in [1.165, 1.54) is 0 Å². The van der Waals surface area contributed by atoms with Crippen LogP contribution >= 0.6 is 44.1 Å². The predicted molar refractivity (Wildman–Crippen MR) is 96.9 cm³/mol. The molecular weight excluding hydrogens is 416 g/mol. The van der Waals surface area contributed by atoms with E-state index in [0.29, 0.717) is 21.3 Å². The second-order valence-corrected chi connectivity index (χ2v) is 6.65. The van der Waals surface area contributed by atoms with Gasteiger partial charge < -0.3 is 11.1 Å². The van der Waals surface area contributed by atoms with Gasteiger partial charge in [-0.3, -0.25) is 4.79 Å². The topological polar surface area (TPSA) is 55.1 Å². The zero-order valence-corrected chi connectivity index (χ0v) is 15.1. The van der Waals surface area contributed by atoms with Crippen molar-refractivity contribution in [1.82, 2.24) is 0 Å². The predicted octanol–water partition coefficient (Wildman–Crippen LogP) is 4.41. The second-order valence-electron chi connectivity index (χ2n) is 4.44. The fraction of sp³-hybridized carbons (Fsp3) is 0.0667. The molecule has 6 heteroatoms. The zero-order valence-electron chi connectivity index (χ0n) is 11.1. The molecule has 0 spiro atoms. The summed E-state index contributed by atoms with van der Waals surface area (Å²) in [5.41, 5.74) is 8.51. The number of anilines is 1. The van der Waals surface area contributed by atoms with Crippen LogP contribution in [-0.4, -0.2) is 10.9 Å². The summed E-state index contributed by atoms with van der Waals surface area (Å²) >= 11 is 11.8. The summed E-state index contributed by atoms with van der Waals surface area (Å²) in [5.74, 6) is -0.225. The number of hydrogen-bond acceptors (Lipinski definition) is 2. The quantitative estimate of drug-likeness (QED) is 0.713. The highest BCUT2D eigenvalue weighted by Gasteiger charge is 2.14. The highest BCUT2D eigenvalue weighted by atomic mass is 79.9. The van der Waals surface area contributed by atoms with E-state index in [0.717, 1.165) is 10.0 Å². The van der Waals surface area contributed by atoms with Gasteiger partial charge >= 0.3 is 0 Å². The Bertz CT molecular complexity index is 732. The van der Waals surface area contributed by atoms with Crippen LogP contribution < -0.4 is 11.1 Å². The Hall–Kier alpha value is -1.24. The number of thiocarbonyl (C=S) groups is 1. The summed E-state index contributed by atoms with van der Waals surface area (Å²) in [6.07, 6.45) is 0. The van der Waals surface area contributed by atoms with Crippen molar-refractivity contribution in [1.29, 1.82) is 0 Å². The maximum Gasteiger partial charge on any atom is 0.256 e. The molecule has 0 bridgehead atoms. The number of nitrogens with two attached hydrogens (primary N) is 1. The molecule has 0 aliphatic rings. The van der Waals surface area contributed by atoms with Crippen LogP contribution in [0.2, 0.25) is 0 Å². The third-order valence-corrected chi connectivity index (χ3v) is 4.30. The Morgan fingerprint density at radius 1 is 1.24 bits per heavy atom. The largest absolute Gasteiger partial charge is 0.389 e. The minimum Gasteiger partial charge on any atom is -0.389 e. The van der Waals surface area contributed by atoms with E-state index in [2.05, 4.69) is 37.2 Å². The van der Waals surface area contributed by atoms with E-state index in [4.69, 9.17) is 18.0 Å². The van der Waals surface area contributed by atoms with E-state index in [-0.39, 0.29) is 10.9 Å². The molecule has 0 radical (unpaired) electrons. The molecule has 0 aliphatic heterocycles. The summed E-state index contributed by atoms with van der Waals surface area (Å²) < 4.78 is 1.60. The van der Waals surface area contributed by atoms with Crippen LogP contribution in [0.5, 0.6) is 0 Å². The van der Waals surface area contributed by atoms with Crippen molar-refractivity contribution >= 4 is 60.7 Å². The Morgan fingerprint density at radius 2 is 1.95 bits per heavy atom. The summed E-state index contributed by atoms with van der Waals surface area (Å²) in [5, 5.41) is 2.86. The number of aryl methyl sites for hydroxylation is 1. The molecule has 108 valence electrons. The third-order valence-electron chi connectivity index (χ3n) is 2.94. The lowest BCUT2D eigenvalue weighted by atomic mass is 10.1. The fourth-order valence-corrected chi connectivity index (χ4v) is 3.46. The maximum atomic E-state index is 12.4. The van der Waals surface area contributed by atoms with Crippen molar-refractivity contribution in [2.45, 2.75) is 6.92 Å². The van der Waals surface area contributed by atoms with Crippen LogP contribution in [0, 0.1) is 6.92 Å². The molecular formula is C15H12Br2N2OS. The van der Waals surface area contributed by atoms with Crippen molar-refractivity contribution in [3.8, 4) is 0 Å². The minimum absolute atomic E-state index is 0.225. The molecule has 0 heterocycles. The van der Waals surface area contributed by atoms with Gasteiger partial charge in [-0.05, 0) is 52.7 Å². The zero-order chi connectivity index (χ0) is 15.6. The summed E-state index contributed by atoms with van der Waals surface area (Å²) in [6, 6.07) is 10.9. The van der Waals surface area contributed by atoms with E-state index < -0.39 is 0 Å². The van der Waals surface area contributed by atoms with Crippen molar-refractivity contribution in [3.63, 3.8) is 0 Å². The number of hydrogen-bond donors (Lipinski definition) is 2. The third kappa shape index (κ3) is 3.70. The van der Waals surface area contributed by atoms with Crippen molar-refractivity contribution < 1.29 is 4.79 Å². The van der Waals surface area contributed by atoms with Gasteiger partial charge in [0.2, 0.25) is 0 Å². The average molecular weight is 428 g/mol. The molecule has 0 saturated heterocycles. The van der Waals surface area contributed by atoms with Gasteiger partial charge in [-0.15, -0.1) is 0 Å². The number of benzene rings is 2. The minimum atomic E-state index is -0.225. The smallest absolute Gasteiger partial charge is 0.256 e. The molecule has 0 atom stereocenters. The maximum absolute atomic E-state index is 12.4. The molecule has 2 aromatic carbocycles. The van der Waals surface area contributed by atoms with Gasteiger partial charge in [0.1, 0.15) is 4.99 Å². The first-order valence-corrected chi connectivity index (χ1v) is 8.05. The van der Waals surface area contributed by atoms with Crippen molar-refractivity contribution in [2.24, 2.45) is 5.73 Å². The standard InChI is InChI=1S/C15H12Br2N2OS/c1-8-3-2-4-12(13(8)14(18)21)19-15(20)10-6-5-9(16)7-11(10)17/h2-7H,1H3,(H2,18,21)(H,19,20). The van der Waals surface area contributed by atoms with E-state index in [1.54, 1.807) is 12.1 Å². The number of halogens is 2. The van der Waals surface area contributed by atoms with Gasteiger partial charge in [-0.1, -0.05) is 40.3 Å². The molecule has 2 rings (SSSR count). The van der Waals surface area contributed by atoms with Crippen LogP contribution in [0.15, 0.2) is 45.3 Å². The van der Waals surface area contributed by atoms with Crippen LogP contribution in [0.25, 0.3) is 0 Å². The molecule has 0 unspecified atom stereocenters. The lowest BCUT2D eigenvalue weighted by Crippen LogP contribution is -2.19. The summed E-state index contributed by atoms with van der Waals surface area (Å²) in [6.45, 7) is 1.90. The first-order valence-electron chi connectivity index (χ1n) is 6.06. The van der Waals surface area contributed by atoms with Gasteiger partial charge in [-0.2, -0.15) is 0 Å². The van der Waals surface area contributed by atoms with Gasteiger partial charge in [0, 0.05) is 14.5 Å². The van der Waals surface area contributed by atoms with Gasteiger partial charge in [0.15, 0.2) is 0 Å². The van der Waals surface area contributed by atoms with Crippen molar-refractivity contribution in [3.05, 3.63) is 62.0 Å². The van der Waals surface area contributed by atoms with Gasteiger partial charge in [0.25, 0.3) is 5.91 Å². The normalized spacial score (nSPS) is 10.2. The van der Waals surface area contributed by atoms with Gasteiger partial charge in [0.05, 0.1) is 11.3 Å². The highest BCUT2D eigenvalue weighted by Crippen LogP contribution is 2.25. The number of rotatable bonds is 3. The first kappa shape index (κ1) is 16.1. The Morgan fingerprint density at radius 3 is 2.57 bits per heavy atom. The lowest BCUT2D eigenvalue weighted by Gasteiger charge is -2.13. The van der Waals surface area contributed by atoms with Crippen LogP contribution in [0.4, 0.5) is 5.69 Å². The molecule has 0 aliphatic carbocycles. The number of carbonyl (C=O) groups excluding carboxylic acids is 1. The molecule has 1 amide bonds. The Balaban J connectivity index is 2.36. The number of nitrogens with one attached hydrogen (secondary N) is 1. The molecule has 0 saturated carbocycles. The monoisotopic (exact) mass is 426 g/mol. The summed E-state index contributed by atoms with van der Waals surface area (Å²) in [7, 11) is 0. The molecule has 3 nitrogen and oxygen atoms in total. The fourth-order valence-electron chi connectivity index (χ4n) is 1.96. The van der Waals surface area contributed by atoms with Crippen molar-refractivity contribution in [2.75, 3.05) is 5.32 Å². The second kappa shape index (κ2) is 6.68. The molecule has 0 aromatic heterocycles. The molecule has 3 N–H and O–H groups in total. The SMILES string of the molecule is Cc1cccc(NC(=O)c2ccc(Br)cc2Br)c1C(N)=S. The van der Waals surface area contributed by atoms with Gasteiger partial charge in [-0.25, -0.2) is 0 Å². The van der Waals surface area contributed by atoms with Crippen LogP contribution in [-0.2, 0) is 0 Å². The molecule has 2 aromatic rings. The van der Waals surface area contributed by atoms with Crippen LogP contribution in [0.3, 0.4) is 0 Å². The lowest BCUT2D eigenvalue weighted by molar-refractivity contribution is 0.102. The number of amides is 1. The highest BCUT2D eigenvalue weighted by molar-refractivity contribution is 9.11. The van der Waals surface area contributed by atoms with E-state index in [9.17, 15) is 4.79 Å². The average Bonchev–Trinajstić information content (AvgIpc) is 2.37. The van der Waals surface area contributed by atoms with E-state index in [1.807, 2.05) is 31.2 Å². The summed E-state index contributed by atoms with van der Waals surface area (Å²) in [4.78, 5) is 12.7.